The van der Waals surface area contributed by atoms with E-state index in [1.165, 1.54) is 29.8 Å². The number of nitrogens with zero attached hydrogens (tertiary/aromatic N) is 1. The number of aromatic carboxylic acids is 1. The van der Waals surface area contributed by atoms with Crippen molar-refractivity contribution in [3.8, 4) is 11.5 Å². The van der Waals surface area contributed by atoms with Crippen molar-refractivity contribution in [3.05, 3.63) is 95.1 Å². The topological polar surface area (TPSA) is 85.3 Å². The number of ether oxygens (including phenoxy) is 3. The molecule has 7 heteroatoms. The van der Waals surface area contributed by atoms with E-state index < -0.39 is 18.0 Å². The first-order valence-corrected chi connectivity index (χ1v) is 11.4. The van der Waals surface area contributed by atoms with Crippen LogP contribution >= 0.6 is 0 Å². The van der Waals surface area contributed by atoms with E-state index in [-0.39, 0.29) is 12.2 Å². The predicted octanol–water partition coefficient (Wildman–Crippen LogP) is 4.34. The standard InChI is InChI=1S/C28H31NO6/c1-29(2)18-25(35-28(32)23-14-12-22(13-15-23)27(30)31)19-34-26-7-5-4-6-21(26)11-8-20-9-16-24(33-3)17-10-20/h4-7,9-10,12-17,25H,8,11,18-19H2,1-3H3,(H,30,31). The van der Waals surface area contributed by atoms with Gasteiger partial charge < -0.3 is 24.2 Å². The van der Waals surface area contributed by atoms with Crippen molar-refractivity contribution < 1.29 is 28.9 Å². The molecule has 0 fully saturated rings. The van der Waals surface area contributed by atoms with Gasteiger partial charge in [0.15, 0.2) is 0 Å². The lowest BCUT2D eigenvalue weighted by atomic mass is 10.0. The summed E-state index contributed by atoms with van der Waals surface area (Å²) >= 11 is 0. The van der Waals surface area contributed by atoms with E-state index in [1.54, 1.807) is 7.11 Å². The fourth-order valence-electron chi connectivity index (χ4n) is 3.60. The van der Waals surface area contributed by atoms with Gasteiger partial charge in [0.05, 0.1) is 18.2 Å². The number of esters is 1. The number of hydrogen-bond acceptors (Lipinski definition) is 6. The molecule has 1 N–H and O–H groups in total. The third-order valence-corrected chi connectivity index (χ3v) is 5.45. The molecule has 0 saturated heterocycles. The van der Waals surface area contributed by atoms with Crippen LogP contribution in [-0.4, -0.2) is 62.4 Å². The van der Waals surface area contributed by atoms with Gasteiger partial charge in [-0.15, -0.1) is 0 Å². The number of carbonyl (C=O) groups excluding carboxylic acids is 1. The first kappa shape index (κ1) is 25.8. The summed E-state index contributed by atoms with van der Waals surface area (Å²) in [5.41, 5.74) is 2.68. The molecule has 0 heterocycles. The highest BCUT2D eigenvalue weighted by molar-refractivity contribution is 5.92. The quantitative estimate of drug-likeness (QED) is 0.388. The largest absolute Gasteiger partial charge is 0.497 e. The summed E-state index contributed by atoms with van der Waals surface area (Å²) in [5, 5.41) is 9.04. The number of benzene rings is 3. The third-order valence-electron chi connectivity index (χ3n) is 5.45. The van der Waals surface area contributed by atoms with Crippen LogP contribution in [0.15, 0.2) is 72.8 Å². The van der Waals surface area contributed by atoms with Crippen LogP contribution in [0.5, 0.6) is 11.5 Å². The average Bonchev–Trinajstić information content (AvgIpc) is 2.86. The Kier molecular flexibility index (Phi) is 9.26. The molecule has 184 valence electrons. The van der Waals surface area contributed by atoms with Crippen LogP contribution in [0.1, 0.15) is 31.8 Å². The summed E-state index contributed by atoms with van der Waals surface area (Å²) in [6, 6.07) is 21.5. The number of hydrogen-bond donors (Lipinski definition) is 1. The molecule has 1 atom stereocenters. The van der Waals surface area contributed by atoms with E-state index in [4.69, 9.17) is 19.3 Å². The molecule has 35 heavy (non-hydrogen) atoms. The summed E-state index contributed by atoms with van der Waals surface area (Å²) in [5.74, 6) is 0.0167. The minimum atomic E-state index is -1.05. The molecule has 3 aromatic carbocycles. The van der Waals surface area contributed by atoms with Crippen molar-refractivity contribution in [1.29, 1.82) is 0 Å². The van der Waals surface area contributed by atoms with Crippen molar-refractivity contribution in [1.82, 2.24) is 4.90 Å². The van der Waals surface area contributed by atoms with Gasteiger partial charge in [-0.1, -0.05) is 30.3 Å². The van der Waals surface area contributed by atoms with Crippen LogP contribution in [-0.2, 0) is 17.6 Å². The van der Waals surface area contributed by atoms with E-state index in [0.717, 1.165) is 29.9 Å². The number of methoxy groups -OCH3 is 1. The maximum atomic E-state index is 12.6. The van der Waals surface area contributed by atoms with Gasteiger partial charge in [-0.3, -0.25) is 0 Å². The van der Waals surface area contributed by atoms with Gasteiger partial charge in [-0.2, -0.15) is 0 Å². The number of carboxylic acids is 1. The lowest BCUT2D eigenvalue weighted by molar-refractivity contribution is 0.0102. The minimum Gasteiger partial charge on any atom is -0.497 e. The number of likely N-dealkylation sites (N-methyl/N-ethyl adjacent to an activating group) is 1. The summed E-state index contributed by atoms with van der Waals surface area (Å²) in [6.45, 7) is 0.670. The number of rotatable bonds is 12. The van der Waals surface area contributed by atoms with Gasteiger partial charge in [0.25, 0.3) is 0 Å². The highest BCUT2D eigenvalue weighted by Gasteiger charge is 2.19. The molecular formula is C28H31NO6. The highest BCUT2D eigenvalue weighted by atomic mass is 16.6. The maximum Gasteiger partial charge on any atom is 0.338 e. The average molecular weight is 478 g/mol. The lowest BCUT2D eigenvalue weighted by Crippen LogP contribution is -2.35. The smallest absolute Gasteiger partial charge is 0.338 e. The number of aryl methyl sites for hydroxylation is 2. The molecule has 0 spiro atoms. The Morgan fingerprint density at radius 3 is 2.17 bits per heavy atom. The summed E-state index contributed by atoms with van der Waals surface area (Å²) in [4.78, 5) is 25.6. The Morgan fingerprint density at radius 2 is 1.54 bits per heavy atom. The van der Waals surface area contributed by atoms with Crippen molar-refractivity contribution in [2.24, 2.45) is 0 Å². The first-order chi connectivity index (χ1) is 16.9. The van der Waals surface area contributed by atoms with Gasteiger partial charge in [0.2, 0.25) is 0 Å². The molecule has 7 nitrogen and oxygen atoms in total. The Hall–Kier alpha value is -3.84. The zero-order valence-corrected chi connectivity index (χ0v) is 20.3. The fraction of sp³-hybridized carbons (Fsp3) is 0.286. The molecule has 0 amide bonds. The monoisotopic (exact) mass is 477 g/mol. The molecule has 0 radical (unpaired) electrons. The fourth-order valence-corrected chi connectivity index (χ4v) is 3.60. The van der Waals surface area contributed by atoms with E-state index in [2.05, 4.69) is 12.1 Å². The third kappa shape index (κ3) is 7.86. The summed E-state index contributed by atoms with van der Waals surface area (Å²) in [7, 11) is 5.44. The summed E-state index contributed by atoms with van der Waals surface area (Å²) < 4.78 is 17.0. The molecule has 0 bridgehead atoms. The molecule has 3 aromatic rings. The second-order valence-electron chi connectivity index (χ2n) is 8.44. The van der Waals surface area contributed by atoms with Crippen LogP contribution in [0.2, 0.25) is 0 Å². The second kappa shape index (κ2) is 12.6. The first-order valence-electron chi connectivity index (χ1n) is 11.4. The van der Waals surface area contributed by atoms with Crippen molar-refractivity contribution in [2.75, 3.05) is 34.4 Å². The van der Waals surface area contributed by atoms with Crippen molar-refractivity contribution in [2.45, 2.75) is 18.9 Å². The highest BCUT2D eigenvalue weighted by Crippen LogP contribution is 2.22. The van der Waals surface area contributed by atoms with Crippen LogP contribution in [0.4, 0.5) is 0 Å². The Labute approximate surface area is 205 Å². The number of carboxylic acid groups (broad SMARTS) is 1. The molecule has 0 aliphatic carbocycles. The molecule has 0 aliphatic heterocycles. The van der Waals surface area contributed by atoms with Crippen LogP contribution in [0.3, 0.4) is 0 Å². The Morgan fingerprint density at radius 1 is 0.886 bits per heavy atom. The Bertz CT molecular complexity index is 1110. The normalized spacial score (nSPS) is 11.7. The van der Waals surface area contributed by atoms with Gasteiger partial charge in [-0.05, 0) is 80.5 Å². The lowest BCUT2D eigenvalue weighted by Gasteiger charge is -2.22. The number of carbonyl (C=O) groups is 2. The van der Waals surface area contributed by atoms with Gasteiger partial charge in [-0.25, -0.2) is 9.59 Å². The minimum absolute atomic E-state index is 0.112. The second-order valence-corrected chi connectivity index (χ2v) is 8.44. The Balaban J connectivity index is 1.63. The van der Waals surface area contributed by atoms with Crippen molar-refractivity contribution in [3.63, 3.8) is 0 Å². The predicted molar refractivity (Wildman–Crippen MR) is 133 cm³/mol. The van der Waals surface area contributed by atoms with Gasteiger partial charge in [0, 0.05) is 6.54 Å². The molecule has 0 aromatic heterocycles. The maximum absolute atomic E-state index is 12.6. The molecular weight excluding hydrogens is 446 g/mol. The molecule has 0 aliphatic rings. The van der Waals surface area contributed by atoms with E-state index in [9.17, 15) is 9.59 Å². The SMILES string of the molecule is COc1ccc(CCc2ccccc2OCC(CN(C)C)OC(=O)c2ccc(C(=O)O)cc2)cc1. The van der Waals surface area contributed by atoms with Gasteiger partial charge in [0.1, 0.15) is 24.2 Å². The zero-order valence-electron chi connectivity index (χ0n) is 20.3. The molecule has 1 unspecified atom stereocenters. The number of para-hydroxylation sites is 1. The zero-order chi connectivity index (χ0) is 25.2. The van der Waals surface area contributed by atoms with Crippen LogP contribution in [0, 0.1) is 0 Å². The van der Waals surface area contributed by atoms with E-state index >= 15 is 0 Å². The van der Waals surface area contributed by atoms with Crippen LogP contribution < -0.4 is 9.47 Å². The molecule has 0 saturated carbocycles. The van der Waals surface area contributed by atoms with Crippen molar-refractivity contribution >= 4 is 11.9 Å². The van der Waals surface area contributed by atoms with E-state index in [0.29, 0.717) is 12.1 Å². The molecule has 3 rings (SSSR count). The van der Waals surface area contributed by atoms with Gasteiger partial charge >= 0.3 is 11.9 Å². The summed E-state index contributed by atoms with van der Waals surface area (Å²) in [6.07, 6.45) is 1.15. The van der Waals surface area contributed by atoms with E-state index in [1.807, 2.05) is 55.4 Å². The van der Waals surface area contributed by atoms with Crippen LogP contribution in [0.25, 0.3) is 0 Å².